The topological polar surface area (TPSA) is 279 Å². The number of β-lactam (4-membered cyclic amide) rings is 1. The number of carbonyl (C=O) groups excluding carboxylic acids is 3. The number of aliphatic carboxylic acids is 1. The second-order valence-corrected chi connectivity index (χ2v) is 13.6. The first-order chi connectivity index (χ1) is 22.8. The lowest BCUT2D eigenvalue weighted by atomic mass is 10.0. The van der Waals surface area contributed by atoms with Gasteiger partial charge >= 0.3 is 11.9 Å². The van der Waals surface area contributed by atoms with E-state index < -0.39 is 46.7 Å². The van der Waals surface area contributed by atoms with Crippen molar-refractivity contribution in [2.45, 2.75) is 42.5 Å². The van der Waals surface area contributed by atoms with Gasteiger partial charge in [0.1, 0.15) is 33.4 Å². The number of hydrogen-bond acceptors (Lipinski definition) is 16. The first kappa shape index (κ1) is 34.6. The molecule has 2 aliphatic rings. The zero-order valence-corrected chi connectivity index (χ0v) is 27.8. The van der Waals surface area contributed by atoms with E-state index in [-0.39, 0.29) is 51.6 Å². The Morgan fingerprint density at radius 2 is 1.98 bits per heavy atom. The summed E-state index contributed by atoms with van der Waals surface area (Å²) in [7, 11) is 1.47. The van der Waals surface area contributed by atoms with Crippen LogP contribution in [0.15, 0.2) is 39.1 Å². The standard InChI is InChI=1S/C26H28N10O9S3/c1-26(2,24(43)33-28)45-34-15(13-9-48-25(27)30-13)19(37)32-16-20(38)35-17(23(41)42)10(8-47-21(16)35)7-46-14-4-11(6-44-3)36-18(31-14)12(5-29-36)22(39)40/h4-5,9,16,21H,6-8,28H2,1-3H3,(H2,27,30)(H,32,37)(H,33,43)(H,39,40)(H,41,42)/b34-15-/t16?,21-/m1/s1. The average Bonchev–Trinajstić information content (AvgIpc) is 3.68. The number of anilines is 1. The Balaban J connectivity index is 1.35. The summed E-state index contributed by atoms with van der Waals surface area (Å²) in [4.78, 5) is 77.8. The maximum absolute atomic E-state index is 13.4. The van der Waals surface area contributed by atoms with Gasteiger partial charge < -0.3 is 30.8 Å². The van der Waals surface area contributed by atoms with Gasteiger partial charge in [-0.25, -0.2) is 29.9 Å². The summed E-state index contributed by atoms with van der Waals surface area (Å²) in [6.07, 6.45) is 1.18. The SMILES string of the molecule is COCc1cc(SCC2=C(C(=O)O)N3C(=O)C(NC(=O)/C(=N\OC(C)(C)C(=O)NN)c4csc(N)n4)[C@H]3SC2)nc2c(C(=O)O)cnn12. The minimum absolute atomic E-state index is 0.0242. The monoisotopic (exact) mass is 720 g/mol. The number of nitrogens with one attached hydrogen (secondary N) is 2. The zero-order chi connectivity index (χ0) is 34.9. The van der Waals surface area contributed by atoms with Gasteiger partial charge in [0, 0.05) is 24.0 Å². The van der Waals surface area contributed by atoms with Gasteiger partial charge in [-0.2, -0.15) is 5.10 Å². The third-order valence-electron chi connectivity index (χ3n) is 7.00. The first-order valence-corrected chi connectivity index (χ1v) is 16.6. The van der Waals surface area contributed by atoms with Crippen molar-refractivity contribution in [3.8, 4) is 0 Å². The van der Waals surface area contributed by atoms with Gasteiger partial charge in [0.05, 0.1) is 18.5 Å². The summed E-state index contributed by atoms with van der Waals surface area (Å²) in [5.74, 6) is 0.674. The van der Waals surface area contributed by atoms with Crippen LogP contribution in [0.3, 0.4) is 0 Å². The van der Waals surface area contributed by atoms with E-state index in [2.05, 4.69) is 25.5 Å². The van der Waals surface area contributed by atoms with Gasteiger partial charge in [0.15, 0.2) is 16.5 Å². The minimum atomic E-state index is -1.58. The number of fused-ring (bicyclic) bond motifs is 2. The van der Waals surface area contributed by atoms with E-state index in [4.69, 9.17) is 21.2 Å². The molecule has 5 heterocycles. The molecule has 1 fully saturated rings. The van der Waals surface area contributed by atoms with Crippen LogP contribution in [0.5, 0.6) is 0 Å². The molecule has 3 amide bonds. The number of nitrogen functional groups attached to an aromatic ring is 1. The number of carbonyl (C=O) groups is 5. The predicted molar refractivity (Wildman–Crippen MR) is 172 cm³/mol. The van der Waals surface area contributed by atoms with Gasteiger partial charge in [-0.1, -0.05) is 5.16 Å². The van der Waals surface area contributed by atoms with Crippen LogP contribution in [0.2, 0.25) is 0 Å². The zero-order valence-electron chi connectivity index (χ0n) is 25.3. The molecule has 22 heteroatoms. The Labute approximate surface area is 283 Å². The van der Waals surface area contributed by atoms with Crippen molar-refractivity contribution >= 4 is 81.0 Å². The van der Waals surface area contributed by atoms with Crippen LogP contribution in [0.4, 0.5) is 5.13 Å². The Bertz CT molecular complexity index is 1890. The normalized spacial score (nSPS) is 18.0. The van der Waals surface area contributed by atoms with Crippen molar-refractivity contribution in [1.82, 2.24) is 35.2 Å². The molecule has 0 aliphatic carbocycles. The van der Waals surface area contributed by atoms with Crippen LogP contribution in [-0.4, -0.2) is 106 Å². The van der Waals surface area contributed by atoms with E-state index in [1.165, 1.54) is 48.8 Å². The number of methoxy groups -OCH3 is 1. The second kappa shape index (κ2) is 13.8. The number of aromatic nitrogens is 4. The Hall–Kier alpha value is -4.77. The number of amides is 3. The van der Waals surface area contributed by atoms with Gasteiger partial charge in [-0.05, 0) is 25.5 Å². The average molecular weight is 721 g/mol. The third-order valence-corrected chi connectivity index (χ3v) is 10.0. The summed E-state index contributed by atoms with van der Waals surface area (Å²) in [5, 5.41) is 31.4. The van der Waals surface area contributed by atoms with Crippen molar-refractivity contribution in [3.05, 3.63) is 45.9 Å². The van der Waals surface area contributed by atoms with Gasteiger partial charge in [0.2, 0.25) is 5.60 Å². The third kappa shape index (κ3) is 6.64. The number of oxime groups is 1. The number of ether oxygens (including phenoxy) is 1. The number of hydrazine groups is 1. The summed E-state index contributed by atoms with van der Waals surface area (Å²) >= 11 is 3.42. The van der Waals surface area contributed by atoms with Crippen LogP contribution < -0.4 is 22.3 Å². The van der Waals surface area contributed by atoms with E-state index in [0.29, 0.717) is 16.3 Å². The number of hydrogen-bond donors (Lipinski definition) is 6. The van der Waals surface area contributed by atoms with Crippen molar-refractivity contribution in [3.63, 3.8) is 0 Å². The smallest absolute Gasteiger partial charge is 0.352 e. The molecule has 0 spiro atoms. The van der Waals surface area contributed by atoms with Crippen LogP contribution in [0, 0.1) is 0 Å². The Kier molecular flexibility index (Phi) is 9.91. The highest BCUT2D eigenvalue weighted by molar-refractivity contribution is 8.01. The predicted octanol–water partition coefficient (Wildman–Crippen LogP) is -0.367. The fraction of sp³-hybridized carbons (Fsp3) is 0.346. The summed E-state index contributed by atoms with van der Waals surface area (Å²) < 4.78 is 6.57. The molecule has 8 N–H and O–H groups in total. The molecule has 1 unspecified atom stereocenters. The number of thioether (sulfide) groups is 2. The fourth-order valence-electron chi connectivity index (χ4n) is 4.62. The number of carboxylic acids is 2. The number of thiazole rings is 1. The van der Waals surface area contributed by atoms with Crippen molar-refractivity contribution in [2.75, 3.05) is 24.3 Å². The maximum Gasteiger partial charge on any atom is 0.352 e. The molecule has 0 saturated carbocycles. The van der Waals surface area contributed by atoms with E-state index in [1.807, 2.05) is 5.43 Å². The van der Waals surface area contributed by atoms with Crippen LogP contribution in [0.25, 0.3) is 5.65 Å². The highest BCUT2D eigenvalue weighted by Gasteiger charge is 2.54. The van der Waals surface area contributed by atoms with E-state index in [0.717, 1.165) is 28.0 Å². The van der Waals surface area contributed by atoms with Crippen molar-refractivity contribution < 1.29 is 43.8 Å². The molecule has 0 radical (unpaired) electrons. The molecule has 254 valence electrons. The molecule has 3 aromatic rings. The first-order valence-electron chi connectivity index (χ1n) is 13.7. The van der Waals surface area contributed by atoms with Crippen LogP contribution in [-0.2, 0) is 35.4 Å². The van der Waals surface area contributed by atoms with E-state index in [9.17, 15) is 34.2 Å². The molecule has 2 aliphatic heterocycles. The van der Waals surface area contributed by atoms with E-state index in [1.54, 1.807) is 6.07 Å². The number of aromatic carboxylic acids is 1. The molecule has 3 aromatic heterocycles. The molecular formula is C26H28N10O9S3. The Morgan fingerprint density at radius 3 is 2.60 bits per heavy atom. The lowest BCUT2D eigenvalue weighted by Gasteiger charge is -2.49. The van der Waals surface area contributed by atoms with Gasteiger partial charge in [-0.3, -0.25) is 24.7 Å². The lowest BCUT2D eigenvalue weighted by Crippen LogP contribution is -2.71. The molecule has 0 aromatic carbocycles. The number of rotatable bonds is 13. The molecule has 0 bridgehead atoms. The quantitative estimate of drug-likeness (QED) is 0.0250. The lowest BCUT2D eigenvalue weighted by molar-refractivity contribution is -0.150. The number of carboxylic acid groups (broad SMARTS) is 2. The fourth-order valence-corrected chi connectivity index (χ4v) is 7.57. The van der Waals surface area contributed by atoms with Crippen LogP contribution >= 0.6 is 34.9 Å². The molecule has 48 heavy (non-hydrogen) atoms. The van der Waals surface area contributed by atoms with Crippen LogP contribution in [0.1, 0.15) is 35.6 Å². The molecular weight excluding hydrogens is 693 g/mol. The minimum Gasteiger partial charge on any atom is -0.477 e. The molecule has 2 atom stereocenters. The van der Waals surface area contributed by atoms with Gasteiger partial charge in [-0.15, -0.1) is 34.9 Å². The van der Waals surface area contributed by atoms with Crippen molar-refractivity contribution in [1.29, 1.82) is 0 Å². The number of nitrogens with zero attached hydrogens (tertiary/aromatic N) is 6. The highest BCUT2D eigenvalue weighted by atomic mass is 32.2. The Morgan fingerprint density at radius 1 is 1.23 bits per heavy atom. The largest absolute Gasteiger partial charge is 0.477 e. The molecule has 1 saturated heterocycles. The highest BCUT2D eigenvalue weighted by Crippen LogP contribution is 2.41. The van der Waals surface area contributed by atoms with E-state index >= 15 is 0 Å². The second-order valence-electron chi connectivity index (χ2n) is 10.6. The maximum atomic E-state index is 13.4. The van der Waals surface area contributed by atoms with Crippen molar-refractivity contribution in [2.24, 2.45) is 11.0 Å². The molecule has 5 rings (SSSR count). The summed E-state index contributed by atoms with van der Waals surface area (Å²) in [5.41, 5.74) is 6.44. The number of nitrogens with two attached hydrogens (primary N) is 2. The van der Waals surface area contributed by atoms with Gasteiger partial charge in [0.25, 0.3) is 17.7 Å². The molecule has 19 nitrogen and oxygen atoms in total. The summed E-state index contributed by atoms with van der Waals surface area (Å²) in [6, 6.07) is 0.534. The summed E-state index contributed by atoms with van der Waals surface area (Å²) in [6.45, 7) is 2.84.